The van der Waals surface area contributed by atoms with E-state index in [0.717, 1.165) is 0 Å². The van der Waals surface area contributed by atoms with E-state index in [0.29, 0.717) is 37.6 Å². The molecule has 1 saturated heterocycles. The quantitative estimate of drug-likeness (QED) is 0.776. The van der Waals surface area contributed by atoms with E-state index in [1.807, 2.05) is 0 Å². The van der Waals surface area contributed by atoms with Gasteiger partial charge in [-0.3, -0.25) is 0 Å². The maximum Gasteiger partial charge on any atom is 0.335 e. The molecule has 0 radical (unpaired) electrons. The smallest absolute Gasteiger partial charge is 0.335 e. The van der Waals surface area contributed by atoms with Crippen molar-refractivity contribution in [3.8, 4) is 0 Å². The van der Waals surface area contributed by atoms with Crippen LogP contribution in [0.1, 0.15) is 15.9 Å². The molecule has 0 bridgehead atoms. The Morgan fingerprint density at radius 3 is 2.81 bits per heavy atom. The van der Waals surface area contributed by atoms with Gasteiger partial charge in [-0.2, -0.15) is 0 Å². The highest BCUT2D eigenvalue weighted by atomic mass is 16.6. The first-order valence-corrected chi connectivity index (χ1v) is 6.64. The van der Waals surface area contributed by atoms with Crippen LogP contribution in [0.5, 0.6) is 0 Å². The van der Waals surface area contributed by atoms with E-state index in [1.54, 1.807) is 13.0 Å². The van der Waals surface area contributed by atoms with Gasteiger partial charge in [-0.25, -0.2) is 9.59 Å². The molecule has 7 nitrogen and oxygen atoms in total. The maximum absolute atomic E-state index is 11.8. The fourth-order valence-corrected chi connectivity index (χ4v) is 1.96. The van der Waals surface area contributed by atoms with Crippen molar-refractivity contribution in [2.24, 2.45) is 0 Å². The number of aromatic carboxylic acids is 1. The Bertz CT molecular complexity index is 526. The first kappa shape index (κ1) is 15.3. The summed E-state index contributed by atoms with van der Waals surface area (Å²) in [7, 11) is 0. The number of hydrogen-bond acceptors (Lipinski definition) is 4. The van der Waals surface area contributed by atoms with Crippen LogP contribution in [0.25, 0.3) is 0 Å². The number of urea groups is 1. The molecule has 1 unspecified atom stereocenters. The third-order valence-corrected chi connectivity index (χ3v) is 3.10. The standard InChI is InChI=1S/C14H18N2O5/c1-9-6-10(13(17)18)2-3-12(9)16-14(19)15-7-11-8-20-4-5-21-11/h2-3,6,11H,4-5,7-8H2,1H3,(H,17,18)(H2,15,16,19). The molecule has 0 aromatic heterocycles. The Hall–Kier alpha value is -2.12. The average molecular weight is 294 g/mol. The predicted octanol–water partition coefficient (Wildman–Crippen LogP) is 1.23. The van der Waals surface area contributed by atoms with Crippen LogP contribution >= 0.6 is 0 Å². The summed E-state index contributed by atoms with van der Waals surface area (Å²) < 4.78 is 10.6. The molecule has 1 aromatic rings. The van der Waals surface area contributed by atoms with Gasteiger partial charge in [-0.15, -0.1) is 0 Å². The lowest BCUT2D eigenvalue weighted by Gasteiger charge is -2.23. The lowest BCUT2D eigenvalue weighted by atomic mass is 10.1. The third kappa shape index (κ3) is 4.44. The summed E-state index contributed by atoms with van der Waals surface area (Å²) in [4.78, 5) is 22.6. The summed E-state index contributed by atoms with van der Waals surface area (Å²) in [5.41, 5.74) is 1.44. The van der Waals surface area contributed by atoms with Crippen molar-refractivity contribution in [1.29, 1.82) is 0 Å². The zero-order valence-electron chi connectivity index (χ0n) is 11.7. The van der Waals surface area contributed by atoms with Crippen molar-refractivity contribution >= 4 is 17.7 Å². The Morgan fingerprint density at radius 2 is 2.19 bits per heavy atom. The van der Waals surface area contributed by atoms with Gasteiger partial charge in [-0.05, 0) is 30.7 Å². The number of carboxylic acid groups (broad SMARTS) is 1. The second-order valence-electron chi connectivity index (χ2n) is 4.74. The second kappa shape index (κ2) is 7.05. The van der Waals surface area contributed by atoms with Crippen LogP contribution in [0.2, 0.25) is 0 Å². The first-order chi connectivity index (χ1) is 10.1. The van der Waals surface area contributed by atoms with Gasteiger partial charge >= 0.3 is 12.0 Å². The maximum atomic E-state index is 11.8. The van der Waals surface area contributed by atoms with Crippen LogP contribution in [0.4, 0.5) is 10.5 Å². The van der Waals surface area contributed by atoms with Crippen LogP contribution in [0.3, 0.4) is 0 Å². The number of anilines is 1. The molecule has 21 heavy (non-hydrogen) atoms. The third-order valence-electron chi connectivity index (χ3n) is 3.10. The highest BCUT2D eigenvalue weighted by molar-refractivity contribution is 5.92. The van der Waals surface area contributed by atoms with Crippen LogP contribution < -0.4 is 10.6 Å². The topological polar surface area (TPSA) is 96.9 Å². The molecule has 1 heterocycles. The number of hydrogen-bond donors (Lipinski definition) is 3. The molecule has 1 fully saturated rings. The first-order valence-electron chi connectivity index (χ1n) is 6.64. The van der Waals surface area contributed by atoms with Crippen molar-refractivity contribution in [3.63, 3.8) is 0 Å². The Balaban J connectivity index is 1.85. The molecule has 3 N–H and O–H groups in total. The SMILES string of the molecule is Cc1cc(C(=O)O)ccc1NC(=O)NCC1COCCO1. The number of amides is 2. The van der Waals surface area contributed by atoms with Crippen LogP contribution in [0, 0.1) is 6.92 Å². The van der Waals surface area contributed by atoms with E-state index >= 15 is 0 Å². The monoisotopic (exact) mass is 294 g/mol. The fourth-order valence-electron chi connectivity index (χ4n) is 1.96. The summed E-state index contributed by atoms with van der Waals surface area (Å²) in [5, 5.41) is 14.3. The Kier molecular flexibility index (Phi) is 5.13. The van der Waals surface area contributed by atoms with Crippen LogP contribution in [-0.4, -0.2) is 49.6 Å². The molecule has 1 aromatic carbocycles. The molecule has 0 aliphatic carbocycles. The highest BCUT2D eigenvalue weighted by Gasteiger charge is 2.15. The number of ether oxygens (including phenoxy) is 2. The minimum atomic E-state index is -0.997. The van der Waals surface area contributed by atoms with Crippen molar-refractivity contribution in [1.82, 2.24) is 5.32 Å². The number of carbonyl (C=O) groups is 2. The Morgan fingerprint density at radius 1 is 1.38 bits per heavy atom. The van der Waals surface area contributed by atoms with Crippen molar-refractivity contribution in [3.05, 3.63) is 29.3 Å². The second-order valence-corrected chi connectivity index (χ2v) is 4.74. The molecule has 2 amide bonds. The summed E-state index contributed by atoms with van der Waals surface area (Å²) in [6, 6.07) is 4.16. The molecule has 1 aliphatic rings. The van der Waals surface area contributed by atoms with Gasteiger partial charge in [0.25, 0.3) is 0 Å². The van der Waals surface area contributed by atoms with Gasteiger partial charge in [0.15, 0.2) is 0 Å². The molecular weight excluding hydrogens is 276 g/mol. The van der Waals surface area contributed by atoms with E-state index in [-0.39, 0.29) is 17.7 Å². The normalized spacial score (nSPS) is 18.0. The van der Waals surface area contributed by atoms with Gasteiger partial charge in [0.1, 0.15) is 0 Å². The van der Waals surface area contributed by atoms with E-state index in [4.69, 9.17) is 14.6 Å². The van der Waals surface area contributed by atoms with Crippen molar-refractivity contribution in [2.75, 3.05) is 31.7 Å². The number of benzene rings is 1. The van der Waals surface area contributed by atoms with Gasteiger partial charge in [0, 0.05) is 12.2 Å². The van der Waals surface area contributed by atoms with Gasteiger partial charge in [0.2, 0.25) is 0 Å². The van der Waals surface area contributed by atoms with Crippen LogP contribution in [-0.2, 0) is 9.47 Å². The molecule has 7 heteroatoms. The molecule has 114 valence electrons. The zero-order chi connectivity index (χ0) is 15.2. The molecule has 2 rings (SSSR count). The molecular formula is C14H18N2O5. The van der Waals surface area contributed by atoms with Gasteiger partial charge in [-0.1, -0.05) is 0 Å². The lowest BCUT2D eigenvalue weighted by Crippen LogP contribution is -2.41. The minimum absolute atomic E-state index is 0.139. The minimum Gasteiger partial charge on any atom is -0.478 e. The van der Waals surface area contributed by atoms with E-state index in [9.17, 15) is 9.59 Å². The van der Waals surface area contributed by atoms with Crippen LogP contribution in [0.15, 0.2) is 18.2 Å². The number of carbonyl (C=O) groups excluding carboxylic acids is 1. The van der Waals surface area contributed by atoms with Gasteiger partial charge in [0.05, 0.1) is 31.5 Å². The fraction of sp³-hybridized carbons (Fsp3) is 0.429. The highest BCUT2D eigenvalue weighted by Crippen LogP contribution is 2.16. The average Bonchev–Trinajstić information content (AvgIpc) is 2.48. The molecule has 1 aliphatic heterocycles. The summed E-state index contributed by atoms with van der Waals surface area (Å²) in [6.07, 6.45) is -0.139. The number of rotatable bonds is 4. The molecule has 0 spiro atoms. The predicted molar refractivity (Wildman–Crippen MR) is 75.7 cm³/mol. The zero-order valence-corrected chi connectivity index (χ0v) is 11.7. The van der Waals surface area contributed by atoms with Crippen molar-refractivity contribution < 1.29 is 24.2 Å². The lowest BCUT2D eigenvalue weighted by molar-refractivity contribution is -0.0852. The Labute approximate surface area is 122 Å². The number of aryl methyl sites for hydroxylation is 1. The molecule has 1 atom stereocenters. The molecule has 0 saturated carbocycles. The summed E-state index contributed by atoms with van der Waals surface area (Å²) >= 11 is 0. The number of nitrogens with one attached hydrogen (secondary N) is 2. The van der Waals surface area contributed by atoms with E-state index in [1.165, 1.54) is 12.1 Å². The van der Waals surface area contributed by atoms with Gasteiger partial charge < -0.3 is 25.2 Å². The summed E-state index contributed by atoms with van der Waals surface area (Å²) in [6.45, 7) is 3.67. The van der Waals surface area contributed by atoms with E-state index in [2.05, 4.69) is 10.6 Å². The van der Waals surface area contributed by atoms with E-state index < -0.39 is 5.97 Å². The summed E-state index contributed by atoms with van der Waals surface area (Å²) in [5.74, 6) is -0.997. The largest absolute Gasteiger partial charge is 0.478 e. The van der Waals surface area contributed by atoms with Crippen molar-refractivity contribution in [2.45, 2.75) is 13.0 Å². The number of carboxylic acids is 1.